The average molecular weight is 306 g/mol. The molecule has 2 rings (SSSR count). The van der Waals surface area contributed by atoms with Crippen molar-refractivity contribution in [1.82, 2.24) is 9.55 Å². The highest BCUT2D eigenvalue weighted by Gasteiger charge is 2.05. The van der Waals surface area contributed by atoms with E-state index in [0.717, 1.165) is 15.8 Å². The number of thiophene rings is 1. The van der Waals surface area contributed by atoms with E-state index in [0.29, 0.717) is 18.5 Å². The van der Waals surface area contributed by atoms with Gasteiger partial charge >= 0.3 is 11.7 Å². The summed E-state index contributed by atoms with van der Waals surface area (Å²) in [6.07, 6.45) is 4.68. The number of hydrogen-bond donors (Lipinski definition) is 2. The molecule has 0 amide bonds. The van der Waals surface area contributed by atoms with Gasteiger partial charge in [0.15, 0.2) is 0 Å². The molecule has 21 heavy (non-hydrogen) atoms. The standard InChI is InChI=1S/C14H14N2O4S/c1-2-9-7-16(14(20)15-13(9)19)8-11-4-3-10(21-11)5-6-12(17)18/h3-7H,2,8H2,1H3,(H,17,18)(H,15,19,20). The van der Waals surface area contributed by atoms with Gasteiger partial charge in [0.1, 0.15) is 0 Å². The number of carboxylic acid groups (broad SMARTS) is 1. The summed E-state index contributed by atoms with van der Waals surface area (Å²) in [7, 11) is 0. The van der Waals surface area contributed by atoms with Crippen LogP contribution in [-0.2, 0) is 17.8 Å². The normalized spacial score (nSPS) is 11.1. The lowest BCUT2D eigenvalue weighted by atomic mass is 10.2. The second-order valence-corrected chi connectivity index (χ2v) is 5.57. The van der Waals surface area contributed by atoms with E-state index in [9.17, 15) is 14.4 Å². The van der Waals surface area contributed by atoms with Gasteiger partial charge in [-0.05, 0) is 24.6 Å². The number of H-pyrrole nitrogens is 1. The van der Waals surface area contributed by atoms with Crippen LogP contribution >= 0.6 is 11.3 Å². The Labute approximate surface area is 124 Å². The molecule has 0 atom stereocenters. The number of aliphatic carboxylic acids is 1. The Morgan fingerprint density at radius 3 is 2.86 bits per heavy atom. The van der Waals surface area contributed by atoms with Gasteiger partial charge in [0.2, 0.25) is 0 Å². The zero-order valence-corrected chi connectivity index (χ0v) is 12.1. The number of rotatable bonds is 5. The highest BCUT2D eigenvalue weighted by molar-refractivity contribution is 7.12. The highest BCUT2D eigenvalue weighted by atomic mass is 32.1. The van der Waals surface area contributed by atoms with Crippen LogP contribution in [0, 0.1) is 0 Å². The zero-order chi connectivity index (χ0) is 15.4. The molecule has 0 aromatic carbocycles. The number of aryl methyl sites for hydroxylation is 1. The Kier molecular flexibility index (Phi) is 4.54. The molecule has 0 aliphatic heterocycles. The minimum Gasteiger partial charge on any atom is -0.478 e. The lowest BCUT2D eigenvalue weighted by molar-refractivity contribution is -0.131. The predicted octanol–water partition coefficient (Wildman–Crippen LogP) is 1.31. The fourth-order valence-electron chi connectivity index (χ4n) is 1.81. The van der Waals surface area contributed by atoms with Gasteiger partial charge in [-0.15, -0.1) is 11.3 Å². The van der Waals surface area contributed by atoms with E-state index >= 15 is 0 Å². The van der Waals surface area contributed by atoms with Crippen LogP contribution in [0.25, 0.3) is 6.08 Å². The molecule has 2 aromatic rings. The lowest BCUT2D eigenvalue weighted by Crippen LogP contribution is -2.31. The first-order valence-electron chi connectivity index (χ1n) is 6.32. The SMILES string of the molecule is CCc1cn(Cc2ccc(C=CC(=O)O)s2)c(=O)[nH]c1=O. The highest BCUT2D eigenvalue weighted by Crippen LogP contribution is 2.18. The smallest absolute Gasteiger partial charge is 0.328 e. The van der Waals surface area contributed by atoms with Gasteiger partial charge in [-0.2, -0.15) is 0 Å². The van der Waals surface area contributed by atoms with E-state index in [1.165, 1.54) is 22.0 Å². The quantitative estimate of drug-likeness (QED) is 0.815. The van der Waals surface area contributed by atoms with Crippen LogP contribution in [0.1, 0.15) is 22.2 Å². The first-order valence-corrected chi connectivity index (χ1v) is 7.13. The molecule has 6 nitrogen and oxygen atoms in total. The molecular weight excluding hydrogens is 292 g/mol. The number of nitrogens with one attached hydrogen (secondary N) is 1. The van der Waals surface area contributed by atoms with Crippen LogP contribution in [-0.4, -0.2) is 20.6 Å². The van der Waals surface area contributed by atoms with E-state index in [1.54, 1.807) is 12.3 Å². The lowest BCUT2D eigenvalue weighted by Gasteiger charge is -2.04. The van der Waals surface area contributed by atoms with Crippen molar-refractivity contribution in [2.45, 2.75) is 19.9 Å². The zero-order valence-electron chi connectivity index (χ0n) is 11.3. The molecule has 0 aliphatic carbocycles. The summed E-state index contributed by atoms with van der Waals surface area (Å²) in [6.45, 7) is 2.19. The van der Waals surface area contributed by atoms with E-state index < -0.39 is 11.7 Å². The summed E-state index contributed by atoms with van der Waals surface area (Å²) >= 11 is 1.39. The number of hydrogen-bond acceptors (Lipinski definition) is 4. The van der Waals surface area contributed by atoms with Crippen LogP contribution in [0.5, 0.6) is 0 Å². The van der Waals surface area contributed by atoms with Crippen molar-refractivity contribution < 1.29 is 9.90 Å². The fourth-order valence-corrected chi connectivity index (χ4v) is 2.73. The van der Waals surface area contributed by atoms with Crippen molar-refractivity contribution >= 4 is 23.4 Å². The number of carboxylic acids is 1. The number of nitrogens with zero attached hydrogens (tertiary/aromatic N) is 1. The van der Waals surface area contributed by atoms with Gasteiger partial charge in [0.25, 0.3) is 5.56 Å². The van der Waals surface area contributed by atoms with E-state index in [-0.39, 0.29) is 5.56 Å². The Balaban J connectivity index is 2.25. The van der Waals surface area contributed by atoms with Crippen molar-refractivity contribution in [3.05, 3.63) is 60.6 Å². The first-order chi connectivity index (χ1) is 9.99. The monoisotopic (exact) mass is 306 g/mol. The average Bonchev–Trinajstić information content (AvgIpc) is 2.87. The molecule has 0 saturated heterocycles. The van der Waals surface area contributed by atoms with Gasteiger partial charge in [-0.25, -0.2) is 9.59 Å². The molecule has 0 radical (unpaired) electrons. The molecule has 0 bridgehead atoms. The van der Waals surface area contributed by atoms with Crippen molar-refractivity contribution in [1.29, 1.82) is 0 Å². The van der Waals surface area contributed by atoms with Crippen molar-refractivity contribution in [3.63, 3.8) is 0 Å². The Hall–Kier alpha value is -2.41. The number of carbonyl (C=O) groups is 1. The maximum atomic E-state index is 11.8. The van der Waals surface area contributed by atoms with E-state index in [4.69, 9.17) is 5.11 Å². The molecule has 0 spiro atoms. The second-order valence-electron chi connectivity index (χ2n) is 4.37. The van der Waals surface area contributed by atoms with Crippen LogP contribution in [0.15, 0.2) is 34.0 Å². The van der Waals surface area contributed by atoms with Gasteiger partial charge in [-0.3, -0.25) is 14.3 Å². The third-order valence-corrected chi connectivity index (χ3v) is 3.90. The first kappa shape index (κ1) is 15.0. The summed E-state index contributed by atoms with van der Waals surface area (Å²) < 4.78 is 1.44. The van der Waals surface area contributed by atoms with Gasteiger partial charge < -0.3 is 5.11 Å². The maximum absolute atomic E-state index is 11.8. The van der Waals surface area contributed by atoms with Gasteiger partial charge in [-0.1, -0.05) is 6.92 Å². The van der Waals surface area contributed by atoms with Crippen LogP contribution in [0.3, 0.4) is 0 Å². The summed E-state index contributed by atoms with van der Waals surface area (Å²) in [5.74, 6) is -1.01. The summed E-state index contributed by atoms with van der Waals surface area (Å²) in [4.78, 5) is 37.7. The summed E-state index contributed by atoms with van der Waals surface area (Å²) in [5, 5.41) is 8.58. The third kappa shape index (κ3) is 3.79. The molecule has 110 valence electrons. The topological polar surface area (TPSA) is 92.2 Å². The van der Waals surface area contributed by atoms with Gasteiger partial charge in [0.05, 0.1) is 6.54 Å². The predicted molar refractivity (Wildman–Crippen MR) is 80.8 cm³/mol. The summed E-state index contributed by atoms with van der Waals surface area (Å²) in [5.41, 5.74) is -0.250. The molecule has 0 saturated carbocycles. The largest absolute Gasteiger partial charge is 0.478 e. The molecule has 0 fully saturated rings. The molecular formula is C14H14N2O4S. The van der Waals surface area contributed by atoms with Crippen molar-refractivity contribution in [2.24, 2.45) is 0 Å². The molecule has 2 heterocycles. The number of aromatic nitrogens is 2. The fraction of sp³-hybridized carbons (Fsp3) is 0.214. The summed E-state index contributed by atoms with van der Waals surface area (Å²) in [6, 6.07) is 3.62. The molecule has 2 N–H and O–H groups in total. The van der Waals surface area contributed by atoms with Crippen LogP contribution < -0.4 is 11.2 Å². The Morgan fingerprint density at radius 2 is 2.19 bits per heavy atom. The Bertz CT molecular complexity index is 798. The molecule has 0 aliphatic rings. The second kappa shape index (κ2) is 6.36. The maximum Gasteiger partial charge on any atom is 0.328 e. The Morgan fingerprint density at radius 1 is 1.43 bits per heavy atom. The third-order valence-electron chi connectivity index (χ3n) is 2.86. The molecule has 2 aromatic heterocycles. The molecule has 7 heteroatoms. The van der Waals surface area contributed by atoms with Crippen LogP contribution in [0.4, 0.5) is 0 Å². The molecule has 0 unspecified atom stereocenters. The van der Waals surface area contributed by atoms with Crippen molar-refractivity contribution in [3.8, 4) is 0 Å². The van der Waals surface area contributed by atoms with Gasteiger partial charge in [0, 0.05) is 27.6 Å². The van der Waals surface area contributed by atoms with Crippen molar-refractivity contribution in [2.75, 3.05) is 0 Å². The van der Waals surface area contributed by atoms with E-state index in [1.807, 2.05) is 13.0 Å². The number of aromatic amines is 1. The minimum atomic E-state index is -1.01. The minimum absolute atomic E-state index is 0.341. The van der Waals surface area contributed by atoms with E-state index in [2.05, 4.69) is 4.98 Å². The van der Waals surface area contributed by atoms with Crippen LogP contribution in [0.2, 0.25) is 0 Å².